The minimum atomic E-state index is -1.63. The van der Waals surface area contributed by atoms with E-state index >= 15 is 0 Å². The molecule has 48 heavy (non-hydrogen) atoms. The van der Waals surface area contributed by atoms with Crippen molar-refractivity contribution in [3.8, 4) is 5.82 Å². The second-order valence-corrected chi connectivity index (χ2v) is 19.2. The van der Waals surface area contributed by atoms with Crippen LogP contribution in [0.1, 0.15) is 11.1 Å². The standard InChI is InChI=1S/C42H41N5Si/c1-44(2)33-21-22-43-42(28-33)47-38-16-10-9-15-36(38)37-20-19-30(26-41(37)47)23-31-24-34(27-35(25-31)48(3,4)5)46-29-45(32-13-7-6-8-14-32)39-17-11-12-18-40(39)46/h6-22,24-28H,23,29H2,1-5H3. The van der Waals surface area contributed by atoms with Gasteiger partial charge < -0.3 is 14.7 Å². The third kappa shape index (κ3) is 5.32. The van der Waals surface area contributed by atoms with Gasteiger partial charge in [0.05, 0.1) is 30.5 Å². The second kappa shape index (κ2) is 11.7. The van der Waals surface area contributed by atoms with E-state index in [4.69, 9.17) is 4.98 Å². The lowest BCUT2D eigenvalue weighted by atomic mass is 10.0. The normalized spacial score (nSPS) is 13.0. The molecule has 0 fully saturated rings. The molecule has 1 aliphatic heterocycles. The Balaban J connectivity index is 1.23. The summed E-state index contributed by atoms with van der Waals surface area (Å²) in [6, 6.07) is 46.7. The van der Waals surface area contributed by atoms with Gasteiger partial charge in [-0.05, 0) is 72.1 Å². The van der Waals surface area contributed by atoms with Crippen LogP contribution in [0.4, 0.5) is 28.4 Å². The molecule has 0 unspecified atom stereocenters. The number of nitrogens with zero attached hydrogens (tertiary/aromatic N) is 5. The van der Waals surface area contributed by atoms with Crippen molar-refractivity contribution in [3.05, 3.63) is 145 Å². The Hall–Kier alpha value is -5.33. The summed E-state index contributed by atoms with van der Waals surface area (Å²) in [5.41, 5.74) is 11.1. The summed E-state index contributed by atoms with van der Waals surface area (Å²) in [6.45, 7) is 8.12. The van der Waals surface area contributed by atoms with Crippen LogP contribution >= 0.6 is 0 Å². The van der Waals surface area contributed by atoms with Crippen LogP contribution in [0.15, 0.2) is 134 Å². The minimum Gasteiger partial charge on any atom is -0.378 e. The first-order valence-corrected chi connectivity index (χ1v) is 20.2. The van der Waals surface area contributed by atoms with Gasteiger partial charge >= 0.3 is 0 Å². The zero-order valence-electron chi connectivity index (χ0n) is 28.4. The van der Waals surface area contributed by atoms with E-state index in [1.165, 1.54) is 60.9 Å². The van der Waals surface area contributed by atoms with E-state index in [2.05, 4.69) is 180 Å². The van der Waals surface area contributed by atoms with Gasteiger partial charge in [-0.15, -0.1) is 0 Å². The number of pyridine rings is 1. The lowest BCUT2D eigenvalue weighted by Gasteiger charge is -2.26. The minimum absolute atomic E-state index is 0.781. The number of rotatable bonds is 7. The lowest BCUT2D eigenvalue weighted by Crippen LogP contribution is -2.38. The Bertz CT molecular complexity index is 2280. The first kappa shape index (κ1) is 30.0. The van der Waals surface area contributed by atoms with Crippen molar-refractivity contribution in [3.63, 3.8) is 0 Å². The molecule has 1 aliphatic rings. The molecule has 3 heterocycles. The van der Waals surface area contributed by atoms with Crippen LogP contribution < -0.4 is 19.9 Å². The van der Waals surface area contributed by atoms with Gasteiger partial charge in [0, 0.05) is 54.2 Å². The molecule has 5 nitrogen and oxygen atoms in total. The van der Waals surface area contributed by atoms with Crippen LogP contribution in [0.5, 0.6) is 0 Å². The van der Waals surface area contributed by atoms with Crippen LogP contribution in [-0.4, -0.2) is 38.4 Å². The number of fused-ring (bicyclic) bond motifs is 4. The summed E-state index contributed by atoms with van der Waals surface area (Å²) >= 11 is 0. The number of anilines is 5. The predicted octanol–water partition coefficient (Wildman–Crippen LogP) is 9.63. The average molecular weight is 644 g/mol. The van der Waals surface area contributed by atoms with Gasteiger partial charge in [0.15, 0.2) is 0 Å². The van der Waals surface area contributed by atoms with Crippen LogP contribution in [0.2, 0.25) is 19.6 Å². The number of hydrogen-bond donors (Lipinski definition) is 0. The highest BCUT2D eigenvalue weighted by atomic mass is 28.3. The zero-order valence-corrected chi connectivity index (χ0v) is 29.4. The molecule has 0 spiro atoms. The molecule has 0 atom stereocenters. The van der Waals surface area contributed by atoms with E-state index in [0.29, 0.717) is 0 Å². The Labute approximate surface area is 284 Å². The SMILES string of the molecule is CN(C)c1ccnc(-n2c3ccccc3c3ccc(Cc4cc(N5CN(c6ccccc6)c6ccccc65)cc([Si](C)(C)C)c4)cc32)c1. The summed E-state index contributed by atoms with van der Waals surface area (Å²) in [7, 11) is 2.52. The Kier molecular flexibility index (Phi) is 7.33. The van der Waals surface area contributed by atoms with Crippen molar-refractivity contribution in [2.24, 2.45) is 0 Å². The summed E-state index contributed by atoms with van der Waals surface area (Å²) in [5, 5.41) is 3.97. The van der Waals surface area contributed by atoms with Crippen molar-refractivity contribution in [2.75, 3.05) is 35.5 Å². The van der Waals surface area contributed by atoms with Gasteiger partial charge in [-0.2, -0.15) is 0 Å². The van der Waals surface area contributed by atoms with Gasteiger partial charge in [-0.3, -0.25) is 4.57 Å². The molecule has 0 radical (unpaired) electrons. The maximum absolute atomic E-state index is 4.85. The van der Waals surface area contributed by atoms with Crippen LogP contribution in [0.3, 0.4) is 0 Å². The zero-order chi connectivity index (χ0) is 33.0. The van der Waals surface area contributed by atoms with E-state index in [-0.39, 0.29) is 0 Å². The second-order valence-electron chi connectivity index (χ2n) is 14.1. The summed E-state index contributed by atoms with van der Waals surface area (Å²) < 4.78 is 2.32. The van der Waals surface area contributed by atoms with Crippen LogP contribution in [-0.2, 0) is 6.42 Å². The molecule has 7 aromatic rings. The molecule has 6 heteroatoms. The maximum atomic E-state index is 4.85. The first-order valence-electron chi connectivity index (χ1n) is 16.7. The van der Waals surface area contributed by atoms with E-state index in [0.717, 1.165) is 24.6 Å². The molecular formula is C42H41N5Si. The molecule has 2 aromatic heterocycles. The van der Waals surface area contributed by atoms with Gasteiger partial charge in [-0.25, -0.2) is 4.98 Å². The van der Waals surface area contributed by atoms with Gasteiger partial charge in [-0.1, -0.05) is 91.6 Å². The van der Waals surface area contributed by atoms with E-state index in [1.54, 1.807) is 0 Å². The Morgan fingerprint density at radius 3 is 2.06 bits per heavy atom. The van der Waals surface area contributed by atoms with Gasteiger partial charge in [0.25, 0.3) is 0 Å². The fourth-order valence-electron chi connectivity index (χ4n) is 7.05. The van der Waals surface area contributed by atoms with Crippen molar-refractivity contribution in [1.82, 2.24) is 9.55 Å². The average Bonchev–Trinajstić information content (AvgIpc) is 3.64. The lowest BCUT2D eigenvalue weighted by molar-refractivity contribution is 0.989. The van der Waals surface area contributed by atoms with Crippen molar-refractivity contribution in [2.45, 2.75) is 26.1 Å². The van der Waals surface area contributed by atoms with E-state index < -0.39 is 8.07 Å². The Morgan fingerprint density at radius 1 is 0.625 bits per heavy atom. The quantitative estimate of drug-likeness (QED) is 0.162. The highest BCUT2D eigenvalue weighted by molar-refractivity contribution is 6.88. The maximum Gasteiger partial charge on any atom is 0.139 e. The fraction of sp³-hybridized carbons (Fsp3) is 0.167. The van der Waals surface area contributed by atoms with Gasteiger partial charge in [0.2, 0.25) is 0 Å². The molecule has 0 amide bonds. The molecular weight excluding hydrogens is 603 g/mol. The van der Waals surface area contributed by atoms with E-state index in [1.807, 2.05) is 6.20 Å². The highest BCUT2D eigenvalue weighted by Crippen LogP contribution is 2.44. The number of benzene rings is 5. The van der Waals surface area contributed by atoms with Crippen molar-refractivity contribution >= 4 is 63.5 Å². The number of aromatic nitrogens is 2. The third-order valence-electron chi connectivity index (χ3n) is 9.59. The van der Waals surface area contributed by atoms with Crippen molar-refractivity contribution in [1.29, 1.82) is 0 Å². The monoisotopic (exact) mass is 643 g/mol. The van der Waals surface area contributed by atoms with Crippen molar-refractivity contribution < 1.29 is 0 Å². The topological polar surface area (TPSA) is 27.5 Å². The predicted molar refractivity (Wildman–Crippen MR) is 207 cm³/mol. The Morgan fingerprint density at radius 2 is 1.31 bits per heavy atom. The number of hydrogen-bond acceptors (Lipinski definition) is 4. The molecule has 0 N–H and O–H groups in total. The fourth-order valence-corrected chi connectivity index (χ4v) is 8.24. The van der Waals surface area contributed by atoms with E-state index in [9.17, 15) is 0 Å². The molecule has 0 saturated heterocycles. The van der Waals surface area contributed by atoms with Crippen LogP contribution in [0.25, 0.3) is 27.6 Å². The molecule has 5 aromatic carbocycles. The molecule has 0 aliphatic carbocycles. The molecule has 0 bridgehead atoms. The molecule has 0 saturated carbocycles. The highest BCUT2D eigenvalue weighted by Gasteiger charge is 2.29. The summed E-state index contributed by atoms with van der Waals surface area (Å²) in [5.74, 6) is 0.934. The molecule has 8 rings (SSSR count). The smallest absolute Gasteiger partial charge is 0.139 e. The van der Waals surface area contributed by atoms with Gasteiger partial charge in [0.1, 0.15) is 12.5 Å². The summed E-state index contributed by atoms with van der Waals surface area (Å²) in [6.07, 6.45) is 2.76. The third-order valence-corrected chi connectivity index (χ3v) is 11.6. The summed E-state index contributed by atoms with van der Waals surface area (Å²) in [4.78, 5) is 11.9. The first-order chi connectivity index (χ1) is 23.2. The van der Waals surface area contributed by atoms with Crippen LogP contribution in [0, 0.1) is 0 Å². The molecule has 238 valence electrons. The largest absolute Gasteiger partial charge is 0.378 e. The number of para-hydroxylation sites is 4.